The van der Waals surface area contributed by atoms with Crippen LogP contribution in [0, 0.1) is 29.1 Å². The van der Waals surface area contributed by atoms with Gasteiger partial charge in [-0.05, 0) is 47.0 Å². The van der Waals surface area contributed by atoms with Crippen LogP contribution in [0.25, 0.3) is 11.0 Å². The molecule has 0 aliphatic carbocycles. The van der Waals surface area contributed by atoms with E-state index in [0.29, 0.717) is 12.8 Å². The van der Waals surface area contributed by atoms with Gasteiger partial charge in [-0.3, -0.25) is 19.4 Å². The summed E-state index contributed by atoms with van der Waals surface area (Å²) in [5, 5.41) is 13.9. The van der Waals surface area contributed by atoms with E-state index in [1.807, 2.05) is 6.92 Å². The molecule has 1 N–H and O–H groups in total. The lowest BCUT2D eigenvalue weighted by Crippen LogP contribution is -2.35. The number of carbonyl (C=O) groups is 2. The molecule has 4 atom stereocenters. The molecule has 0 bridgehead atoms. The molecule has 2 aromatic heterocycles. The number of carbonyl (C=O) groups excluding carboxylic acids is 2. The van der Waals surface area contributed by atoms with Crippen molar-refractivity contribution in [2.75, 3.05) is 19.8 Å². The number of hydrogen-bond donors (Lipinski definition) is 1. The summed E-state index contributed by atoms with van der Waals surface area (Å²) in [6.45, 7) is 14.5. The number of ether oxygens (including phenoxy) is 3. The van der Waals surface area contributed by atoms with Gasteiger partial charge in [-0.1, -0.05) is 12.8 Å². The van der Waals surface area contributed by atoms with Crippen LogP contribution in [-0.2, 0) is 32.8 Å². The lowest BCUT2D eigenvalue weighted by Gasteiger charge is -2.37. The van der Waals surface area contributed by atoms with Gasteiger partial charge in [0.25, 0.3) is 14.1 Å². The second kappa shape index (κ2) is 18.0. The first-order valence-electron chi connectivity index (χ1n) is 15.6. The third-order valence-corrected chi connectivity index (χ3v) is 9.07. The van der Waals surface area contributed by atoms with Crippen molar-refractivity contribution in [1.29, 1.82) is 5.26 Å². The minimum atomic E-state index is -1.53. The summed E-state index contributed by atoms with van der Waals surface area (Å²) < 4.78 is 33.1. The first-order chi connectivity index (χ1) is 22.4. The SMILES string of the molecule is C/C=N/c1nc2c(c(C#CC(COC(C)=O)COC(C)=O)nn2[C@H]2C[C@@H](OP(OCCC#N)N(C(C)C)C(C)C)[C@@H](CC)O2)c(=O)[nH]1. The molecule has 0 aromatic carbocycles. The standard InChI is InChI=1S/C31H44N7O8P/c1-9-25-26(46-47(44-15-11-14-32)38(19(3)4)20(5)6)16-27(45-25)37-29-28(30(41)35-31(34-29)33-10-2)24(36-37)13-12-23(17-42-21(7)39)18-43-22(8)40/h10,19-20,23,25-27H,9,11,15-18H2,1-8H3,(H,34,35,41)/b33-10+/t25-,26-,27-,47?/m1/s1. The fourth-order valence-corrected chi connectivity index (χ4v) is 6.73. The van der Waals surface area contributed by atoms with E-state index < -0.39 is 38.2 Å². The average molecular weight is 674 g/mol. The van der Waals surface area contributed by atoms with E-state index in [-0.39, 0.29) is 73.2 Å². The minimum absolute atomic E-state index is 0.0880. The maximum absolute atomic E-state index is 13.3. The quantitative estimate of drug-likeness (QED) is 0.0932. The van der Waals surface area contributed by atoms with Gasteiger partial charge in [0, 0.05) is 38.6 Å². The molecule has 0 amide bonds. The molecule has 1 fully saturated rings. The molecule has 2 aromatic rings. The highest BCUT2D eigenvalue weighted by molar-refractivity contribution is 7.44. The maximum Gasteiger partial charge on any atom is 0.302 e. The number of rotatable bonds is 15. The molecule has 47 heavy (non-hydrogen) atoms. The Bertz CT molecular complexity index is 1550. The molecular formula is C31H44N7O8P. The Labute approximate surface area is 275 Å². The first-order valence-corrected chi connectivity index (χ1v) is 16.7. The summed E-state index contributed by atoms with van der Waals surface area (Å²) in [7, 11) is -1.53. The van der Waals surface area contributed by atoms with Gasteiger partial charge < -0.3 is 23.3 Å². The molecule has 1 aliphatic heterocycles. The van der Waals surface area contributed by atoms with E-state index >= 15 is 0 Å². The molecule has 16 heteroatoms. The summed E-state index contributed by atoms with van der Waals surface area (Å²) in [6.07, 6.45) is 1.36. The minimum Gasteiger partial charge on any atom is -0.464 e. The van der Waals surface area contributed by atoms with Gasteiger partial charge in [-0.15, -0.1) is 0 Å². The smallest absolute Gasteiger partial charge is 0.302 e. The van der Waals surface area contributed by atoms with Gasteiger partial charge in [-0.2, -0.15) is 15.3 Å². The van der Waals surface area contributed by atoms with Gasteiger partial charge in [0.05, 0.1) is 37.2 Å². The zero-order valence-electron chi connectivity index (χ0n) is 28.2. The molecule has 1 saturated heterocycles. The highest BCUT2D eigenvalue weighted by Crippen LogP contribution is 2.50. The molecule has 0 radical (unpaired) electrons. The monoisotopic (exact) mass is 673 g/mol. The number of esters is 2. The normalized spacial score (nSPS) is 18.7. The molecule has 3 heterocycles. The van der Waals surface area contributed by atoms with Crippen molar-refractivity contribution in [3.63, 3.8) is 0 Å². The first kappa shape index (κ1) is 37.7. The summed E-state index contributed by atoms with van der Waals surface area (Å²) in [4.78, 5) is 47.5. The topological polar surface area (TPSA) is 183 Å². The molecule has 15 nitrogen and oxygen atoms in total. The third kappa shape index (κ3) is 10.4. The lowest BCUT2D eigenvalue weighted by molar-refractivity contribution is -0.144. The van der Waals surface area contributed by atoms with Crippen molar-refractivity contribution in [3.8, 4) is 17.9 Å². The van der Waals surface area contributed by atoms with Crippen LogP contribution in [0.2, 0.25) is 0 Å². The number of aromatic nitrogens is 4. The molecule has 0 spiro atoms. The second-order valence-corrected chi connectivity index (χ2v) is 12.7. The van der Waals surface area contributed by atoms with Crippen molar-refractivity contribution in [2.45, 2.75) is 105 Å². The van der Waals surface area contributed by atoms with Crippen LogP contribution in [0.15, 0.2) is 9.79 Å². The van der Waals surface area contributed by atoms with Crippen LogP contribution in [-0.4, -0.2) is 86.7 Å². The Morgan fingerprint density at radius 2 is 1.87 bits per heavy atom. The largest absolute Gasteiger partial charge is 0.464 e. The molecule has 1 aliphatic rings. The fourth-order valence-electron chi connectivity index (χ4n) is 4.98. The van der Waals surface area contributed by atoms with Crippen LogP contribution >= 0.6 is 8.53 Å². The van der Waals surface area contributed by atoms with Crippen molar-refractivity contribution >= 4 is 43.7 Å². The van der Waals surface area contributed by atoms with Crippen LogP contribution in [0.3, 0.4) is 0 Å². The molecule has 0 saturated carbocycles. The Morgan fingerprint density at radius 3 is 2.43 bits per heavy atom. The van der Waals surface area contributed by atoms with E-state index in [4.69, 9.17) is 28.5 Å². The van der Waals surface area contributed by atoms with Crippen LogP contribution in [0.5, 0.6) is 0 Å². The zero-order chi connectivity index (χ0) is 34.7. The summed E-state index contributed by atoms with van der Waals surface area (Å²) in [5.74, 6) is 4.23. The van der Waals surface area contributed by atoms with Crippen molar-refractivity contribution < 1.29 is 32.8 Å². The number of nitriles is 1. The lowest BCUT2D eigenvalue weighted by atomic mass is 10.1. The number of H-pyrrole nitrogens is 1. The fraction of sp³-hybridized carbons (Fsp3) is 0.645. The number of nitrogens with zero attached hydrogens (tertiary/aromatic N) is 6. The Morgan fingerprint density at radius 1 is 1.21 bits per heavy atom. The van der Waals surface area contributed by atoms with Crippen molar-refractivity contribution in [1.82, 2.24) is 24.4 Å². The second-order valence-electron chi connectivity index (χ2n) is 11.3. The van der Waals surface area contributed by atoms with E-state index in [0.717, 1.165) is 0 Å². The highest BCUT2D eigenvalue weighted by Gasteiger charge is 2.41. The Hall–Kier alpha value is -3.72. The molecular weight excluding hydrogens is 629 g/mol. The van der Waals surface area contributed by atoms with Crippen molar-refractivity contribution in [3.05, 3.63) is 16.0 Å². The average Bonchev–Trinajstić information content (AvgIpc) is 3.57. The van der Waals surface area contributed by atoms with Crippen LogP contribution in [0.4, 0.5) is 5.95 Å². The third-order valence-electron chi connectivity index (χ3n) is 6.91. The van der Waals surface area contributed by atoms with Crippen molar-refractivity contribution in [2.24, 2.45) is 10.9 Å². The number of nitrogens with one attached hydrogen (secondary N) is 1. The summed E-state index contributed by atoms with van der Waals surface area (Å²) in [6, 6.07) is 2.36. The van der Waals surface area contributed by atoms with E-state index in [2.05, 4.69) is 70.3 Å². The molecule has 1 unspecified atom stereocenters. The van der Waals surface area contributed by atoms with Gasteiger partial charge in [0.2, 0.25) is 5.95 Å². The Balaban J connectivity index is 2.04. The van der Waals surface area contributed by atoms with E-state index in [9.17, 15) is 14.4 Å². The number of fused-ring (bicyclic) bond motifs is 1. The van der Waals surface area contributed by atoms with Crippen LogP contribution in [0.1, 0.15) is 86.6 Å². The Kier molecular flexibility index (Phi) is 14.4. The number of hydrogen-bond acceptors (Lipinski definition) is 13. The highest BCUT2D eigenvalue weighted by atomic mass is 31.2. The predicted octanol–water partition coefficient (Wildman–Crippen LogP) is 4.29. The van der Waals surface area contributed by atoms with Gasteiger partial charge in [0.1, 0.15) is 18.6 Å². The van der Waals surface area contributed by atoms with Gasteiger partial charge >= 0.3 is 11.9 Å². The number of aliphatic imine (C=N–C) groups is 1. The molecule has 3 rings (SSSR count). The van der Waals surface area contributed by atoms with E-state index in [1.54, 1.807) is 6.92 Å². The van der Waals surface area contributed by atoms with Gasteiger partial charge in [-0.25, -0.2) is 14.3 Å². The number of aromatic amines is 1. The van der Waals surface area contributed by atoms with Gasteiger partial charge in [0.15, 0.2) is 17.6 Å². The maximum atomic E-state index is 13.3. The van der Waals surface area contributed by atoms with Crippen LogP contribution < -0.4 is 5.56 Å². The molecule has 256 valence electrons. The summed E-state index contributed by atoms with van der Waals surface area (Å²) >= 11 is 0. The van der Waals surface area contributed by atoms with E-state index in [1.165, 1.54) is 24.7 Å². The zero-order valence-corrected chi connectivity index (χ0v) is 29.1. The predicted molar refractivity (Wildman–Crippen MR) is 175 cm³/mol. The summed E-state index contributed by atoms with van der Waals surface area (Å²) in [5.41, 5.74) is -0.168.